The molecular formula is C16H18N2O4S. The molecule has 1 N–H and O–H groups in total. The number of nitrogens with zero attached hydrogens (tertiary/aromatic N) is 2. The number of fused-ring (bicyclic) bond motifs is 1. The average Bonchev–Trinajstić information content (AvgIpc) is 2.54. The van der Waals surface area contributed by atoms with Gasteiger partial charge < -0.3 is 5.11 Å². The number of sulfonamides is 1. The zero-order chi connectivity index (χ0) is 16.6. The van der Waals surface area contributed by atoms with E-state index in [1.54, 1.807) is 12.3 Å². The Balaban J connectivity index is 2.04. The molecule has 0 radical (unpaired) electrons. The molecule has 0 spiro atoms. The Morgan fingerprint density at radius 1 is 1.39 bits per heavy atom. The maximum atomic E-state index is 12.9. The van der Waals surface area contributed by atoms with Crippen LogP contribution >= 0.6 is 0 Å². The number of para-hydroxylation sites is 1. The zero-order valence-corrected chi connectivity index (χ0v) is 13.6. The largest absolute Gasteiger partial charge is 0.481 e. The summed E-state index contributed by atoms with van der Waals surface area (Å²) < 4.78 is 27.2. The number of carboxylic acid groups (broad SMARTS) is 1. The minimum absolute atomic E-state index is 0.0138. The fourth-order valence-corrected chi connectivity index (χ4v) is 4.64. The van der Waals surface area contributed by atoms with Crippen molar-refractivity contribution in [2.75, 3.05) is 13.1 Å². The first kappa shape index (κ1) is 15.9. The van der Waals surface area contributed by atoms with Crippen LogP contribution in [0.5, 0.6) is 0 Å². The number of carbonyl (C=O) groups is 1. The van der Waals surface area contributed by atoms with Crippen LogP contribution in [0.15, 0.2) is 35.4 Å². The molecule has 1 aromatic heterocycles. The Bertz CT molecular complexity index is 864. The van der Waals surface area contributed by atoms with Gasteiger partial charge in [-0.3, -0.25) is 9.78 Å². The highest BCUT2D eigenvalue weighted by molar-refractivity contribution is 7.89. The molecule has 0 amide bonds. The van der Waals surface area contributed by atoms with Crippen LogP contribution in [-0.2, 0) is 14.8 Å². The van der Waals surface area contributed by atoms with Crippen LogP contribution < -0.4 is 0 Å². The van der Waals surface area contributed by atoms with Crippen molar-refractivity contribution in [2.45, 2.75) is 24.7 Å². The summed E-state index contributed by atoms with van der Waals surface area (Å²) in [5.74, 6) is -1.60. The molecule has 3 rings (SSSR count). The van der Waals surface area contributed by atoms with E-state index in [1.807, 2.05) is 19.1 Å². The van der Waals surface area contributed by atoms with Crippen LogP contribution in [0, 0.1) is 12.8 Å². The Kier molecular flexibility index (Phi) is 4.08. The van der Waals surface area contributed by atoms with Crippen LogP contribution in [0.1, 0.15) is 18.4 Å². The van der Waals surface area contributed by atoms with Crippen molar-refractivity contribution in [3.8, 4) is 0 Å². The van der Waals surface area contributed by atoms with Crippen molar-refractivity contribution in [3.05, 3.63) is 36.0 Å². The van der Waals surface area contributed by atoms with Crippen LogP contribution in [0.3, 0.4) is 0 Å². The van der Waals surface area contributed by atoms with Crippen LogP contribution in [0.25, 0.3) is 10.9 Å². The van der Waals surface area contributed by atoms with E-state index in [-0.39, 0.29) is 11.4 Å². The van der Waals surface area contributed by atoms with Gasteiger partial charge in [-0.25, -0.2) is 8.42 Å². The number of aliphatic carboxylic acids is 1. The number of piperidine rings is 1. The molecule has 122 valence electrons. The molecule has 7 heteroatoms. The first-order valence-corrected chi connectivity index (χ1v) is 8.92. The molecule has 1 aliphatic heterocycles. The molecule has 1 saturated heterocycles. The molecular weight excluding hydrogens is 316 g/mol. The number of aromatic nitrogens is 1. The number of rotatable bonds is 3. The summed E-state index contributed by atoms with van der Waals surface area (Å²) in [5.41, 5.74) is 1.38. The van der Waals surface area contributed by atoms with Gasteiger partial charge >= 0.3 is 5.97 Å². The van der Waals surface area contributed by atoms with E-state index in [2.05, 4.69) is 4.98 Å². The molecule has 1 unspecified atom stereocenters. The van der Waals surface area contributed by atoms with Crippen LogP contribution in [0.4, 0.5) is 0 Å². The minimum atomic E-state index is -3.76. The lowest BCUT2D eigenvalue weighted by Gasteiger charge is -2.30. The van der Waals surface area contributed by atoms with Crippen LogP contribution in [0.2, 0.25) is 0 Å². The SMILES string of the molecule is Cc1cnc2c(S(=O)(=O)N3CCCC(C(=O)O)C3)cccc2c1. The second-order valence-electron chi connectivity index (χ2n) is 5.88. The second kappa shape index (κ2) is 5.90. The fourth-order valence-electron chi connectivity index (χ4n) is 2.95. The molecule has 2 heterocycles. The fraction of sp³-hybridized carbons (Fsp3) is 0.375. The topological polar surface area (TPSA) is 87.6 Å². The summed E-state index contributed by atoms with van der Waals surface area (Å²) in [6.45, 7) is 2.25. The van der Waals surface area contributed by atoms with E-state index in [9.17, 15) is 13.2 Å². The van der Waals surface area contributed by atoms with E-state index in [4.69, 9.17) is 5.11 Å². The van der Waals surface area contributed by atoms with Gasteiger partial charge in [0, 0.05) is 24.7 Å². The normalized spacial score (nSPS) is 19.8. The Morgan fingerprint density at radius 3 is 2.91 bits per heavy atom. The molecule has 1 aliphatic rings. The maximum absolute atomic E-state index is 12.9. The van der Waals surface area contributed by atoms with Crippen molar-refractivity contribution >= 4 is 26.9 Å². The molecule has 23 heavy (non-hydrogen) atoms. The molecule has 1 atom stereocenters. The summed E-state index contributed by atoms with van der Waals surface area (Å²) in [4.78, 5) is 15.6. The van der Waals surface area contributed by atoms with Crippen molar-refractivity contribution in [3.63, 3.8) is 0 Å². The predicted molar refractivity (Wildman–Crippen MR) is 85.6 cm³/mol. The molecule has 1 aromatic carbocycles. The van der Waals surface area contributed by atoms with E-state index < -0.39 is 21.9 Å². The highest BCUT2D eigenvalue weighted by Gasteiger charge is 2.34. The van der Waals surface area contributed by atoms with E-state index in [1.165, 1.54) is 10.4 Å². The van der Waals surface area contributed by atoms with Gasteiger partial charge in [0.25, 0.3) is 0 Å². The lowest BCUT2D eigenvalue weighted by molar-refractivity contribution is -0.142. The third-order valence-electron chi connectivity index (χ3n) is 4.16. The van der Waals surface area contributed by atoms with E-state index in [0.29, 0.717) is 24.9 Å². The molecule has 0 bridgehead atoms. The molecule has 6 nitrogen and oxygen atoms in total. The maximum Gasteiger partial charge on any atom is 0.307 e. The van der Waals surface area contributed by atoms with Crippen molar-refractivity contribution in [2.24, 2.45) is 5.92 Å². The number of benzene rings is 1. The number of carboxylic acids is 1. The van der Waals surface area contributed by atoms with Crippen molar-refractivity contribution in [1.82, 2.24) is 9.29 Å². The average molecular weight is 334 g/mol. The van der Waals surface area contributed by atoms with Gasteiger partial charge in [-0.2, -0.15) is 4.31 Å². The second-order valence-corrected chi connectivity index (χ2v) is 7.79. The van der Waals surface area contributed by atoms with Gasteiger partial charge in [-0.05, 0) is 37.5 Å². The monoisotopic (exact) mass is 334 g/mol. The number of hydrogen-bond acceptors (Lipinski definition) is 4. The number of pyridine rings is 1. The standard InChI is InChI=1S/C16H18N2O4S/c1-11-8-12-4-2-6-14(15(12)17-9-11)23(21,22)18-7-3-5-13(10-18)16(19)20/h2,4,6,8-9,13H,3,5,7,10H2,1H3,(H,19,20). The highest BCUT2D eigenvalue weighted by Crippen LogP contribution is 2.28. The molecule has 1 fully saturated rings. The Morgan fingerprint density at radius 2 is 2.17 bits per heavy atom. The molecule has 0 aliphatic carbocycles. The van der Waals surface area contributed by atoms with Gasteiger partial charge in [0.05, 0.1) is 11.4 Å². The summed E-state index contributed by atoms with van der Waals surface area (Å²) in [5, 5.41) is 9.92. The lowest BCUT2D eigenvalue weighted by Crippen LogP contribution is -2.42. The van der Waals surface area contributed by atoms with Gasteiger partial charge in [-0.1, -0.05) is 12.1 Å². The third kappa shape index (κ3) is 2.94. The first-order valence-electron chi connectivity index (χ1n) is 7.48. The summed E-state index contributed by atoms with van der Waals surface area (Å²) >= 11 is 0. The Labute approximate surface area is 134 Å². The smallest absolute Gasteiger partial charge is 0.307 e. The molecule has 0 saturated carbocycles. The first-order chi connectivity index (χ1) is 10.9. The third-order valence-corrected chi connectivity index (χ3v) is 6.06. The van der Waals surface area contributed by atoms with E-state index in [0.717, 1.165) is 10.9 Å². The van der Waals surface area contributed by atoms with Crippen molar-refractivity contribution < 1.29 is 18.3 Å². The van der Waals surface area contributed by atoms with Gasteiger partial charge in [0.2, 0.25) is 10.0 Å². The Hall–Kier alpha value is -1.99. The minimum Gasteiger partial charge on any atom is -0.481 e. The highest BCUT2D eigenvalue weighted by atomic mass is 32.2. The van der Waals surface area contributed by atoms with E-state index >= 15 is 0 Å². The lowest BCUT2D eigenvalue weighted by atomic mass is 10.0. The quantitative estimate of drug-likeness (QED) is 0.928. The number of aryl methyl sites for hydroxylation is 1. The summed E-state index contributed by atoms with van der Waals surface area (Å²) in [7, 11) is -3.76. The zero-order valence-electron chi connectivity index (χ0n) is 12.8. The summed E-state index contributed by atoms with van der Waals surface area (Å²) in [6.07, 6.45) is 2.69. The van der Waals surface area contributed by atoms with Gasteiger partial charge in [0.15, 0.2) is 0 Å². The number of hydrogen-bond donors (Lipinski definition) is 1. The van der Waals surface area contributed by atoms with Gasteiger partial charge in [-0.15, -0.1) is 0 Å². The van der Waals surface area contributed by atoms with Crippen molar-refractivity contribution in [1.29, 1.82) is 0 Å². The predicted octanol–water partition coefficient (Wildman–Crippen LogP) is 2.03. The van der Waals surface area contributed by atoms with Crippen LogP contribution in [-0.4, -0.2) is 41.9 Å². The summed E-state index contributed by atoms with van der Waals surface area (Å²) in [6, 6.07) is 6.93. The molecule has 2 aromatic rings. The van der Waals surface area contributed by atoms with Gasteiger partial charge in [0.1, 0.15) is 4.90 Å².